The van der Waals surface area contributed by atoms with Gasteiger partial charge >= 0.3 is 0 Å². The van der Waals surface area contributed by atoms with Crippen LogP contribution in [0.5, 0.6) is 0 Å². The van der Waals surface area contributed by atoms with Gasteiger partial charge in [-0.15, -0.1) is 0 Å². The summed E-state index contributed by atoms with van der Waals surface area (Å²) in [7, 11) is 0. The van der Waals surface area contributed by atoms with E-state index in [1.807, 2.05) is 0 Å². The Hall–Kier alpha value is -1.24. The Labute approximate surface area is 73.0 Å². The van der Waals surface area contributed by atoms with Crippen molar-refractivity contribution in [3.63, 3.8) is 0 Å². The van der Waals surface area contributed by atoms with Crippen LogP contribution in [0, 0.1) is 0 Å². The first-order chi connectivity index (χ1) is 5.79. The lowest BCUT2D eigenvalue weighted by molar-refractivity contribution is 0.603. The third-order valence-corrected chi connectivity index (χ3v) is 2.18. The molecule has 1 aliphatic heterocycles. The van der Waals surface area contributed by atoms with E-state index in [9.17, 15) is 0 Å². The Balaban J connectivity index is 2.63. The molecule has 2 aliphatic rings. The summed E-state index contributed by atoms with van der Waals surface area (Å²) in [4.78, 5) is 0. The molecule has 62 valence electrons. The summed E-state index contributed by atoms with van der Waals surface area (Å²) >= 11 is 0. The maximum atomic E-state index is 2.29. The molecule has 0 fully saturated rings. The molecule has 0 radical (unpaired) electrons. The van der Waals surface area contributed by atoms with Gasteiger partial charge in [0.2, 0.25) is 0 Å². The number of aromatic nitrogens is 1. The van der Waals surface area contributed by atoms with E-state index in [1.54, 1.807) is 0 Å². The van der Waals surface area contributed by atoms with E-state index < -0.39 is 0 Å². The van der Waals surface area contributed by atoms with Crippen molar-refractivity contribution in [3.05, 3.63) is 36.5 Å². The summed E-state index contributed by atoms with van der Waals surface area (Å²) in [6.45, 7) is 4.40. The zero-order valence-corrected chi connectivity index (χ0v) is 7.49. The summed E-state index contributed by atoms with van der Waals surface area (Å²) in [6.07, 6.45) is 2.13. The number of rotatable bonds is 1. The minimum absolute atomic E-state index is 0.538. The maximum Gasteiger partial charge on any atom is 0.0482 e. The molecule has 0 aromatic carbocycles. The molecule has 0 spiro atoms. The van der Waals surface area contributed by atoms with Gasteiger partial charge in [0.05, 0.1) is 0 Å². The normalized spacial score (nSPS) is 11.2. The standard InChI is InChI=1S/C11H13N/c1-9(2)12-8-4-6-10-5-3-7-11(10)12/h3-9H,1-2H3. The van der Waals surface area contributed by atoms with Gasteiger partial charge in [-0.2, -0.15) is 0 Å². The van der Waals surface area contributed by atoms with Crippen LogP contribution in [-0.4, -0.2) is 4.57 Å². The van der Waals surface area contributed by atoms with Crippen LogP contribution in [0.3, 0.4) is 0 Å². The second kappa shape index (κ2) is 2.67. The molecule has 0 bridgehead atoms. The molecule has 0 saturated heterocycles. The highest BCUT2D eigenvalue weighted by molar-refractivity contribution is 5.62. The second-order valence-corrected chi connectivity index (χ2v) is 3.38. The van der Waals surface area contributed by atoms with Crippen LogP contribution in [0.2, 0.25) is 0 Å². The highest BCUT2D eigenvalue weighted by Gasteiger charge is 2.06. The highest BCUT2D eigenvalue weighted by Crippen LogP contribution is 2.24. The molecule has 0 atom stereocenters. The van der Waals surface area contributed by atoms with Gasteiger partial charge in [-0.3, -0.25) is 0 Å². The first-order valence-corrected chi connectivity index (χ1v) is 4.34. The third kappa shape index (κ3) is 1.02. The van der Waals surface area contributed by atoms with Crippen molar-refractivity contribution >= 4 is 0 Å². The fourth-order valence-corrected chi connectivity index (χ4v) is 1.57. The number of nitrogens with zero attached hydrogens (tertiary/aromatic N) is 1. The van der Waals surface area contributed by atoms with Crippen LogP contribution < -0.4 is 0 Å². The summed E-state index contributed by atoms with van der Waals surface area (Å²) < 4.78 is 2.29. The molecule has 0 aromatic rings. The van der Waals surface area contributed by atoms with Gasteiger partial charge in [-0.25, -0.2) is 0 Å². The van der Waals surface area contributed by atoms with Crippen LogP contribution >= 0.6 is 0 Å². The van der Waals surface area contributed by atoms with Crippen molar-refractivity contribution in [1.29, 1.82) is 0 Å². The Morgan fingerprint density at radius 2 is 1.83 bits per heavy atom. The lowest BCUT2D eigenvalue weighted by atomic mass is 10.2. The highest BCUT2D eigenvalue weighted by atomic mass is 15.0. The number of hydrogen-bond acceptors (Lipinski definition) is 0. The number of hydrogen-bond donors (Lipinski definition) is 0. The van der Waals surface area contributed by atoms with Gasteiger partial charge in [-0.05, 0) is 31.5 Å². The molecular weight excluding hydrogens is 146 g/mol. The quantitative estimate of drug-likeness (QED) is 0.602. The lowest BCUT2D eigenvalue weighted by Crippen LogP contribution is -2.03. The van der Waals surface area contributed by atoms with Crippen molar-refractivity contribution in [1.82, 2.24) is 4.57 Å². The van der Waals surface area contributed by atoms with E-state index in [1.165, 1.54) is 11.3 Å². The van der Waals surface area contributed by atoms with Gasteiger partial charge in [0.25, 0.3) is 0 Å². The van der Waals surface area contributed by atoms with Crippen LogP contribution in [-0.2, 0) is 0 Å². The largest absolute Gasteiger partial charge is 0.345 e. The first kappa shape index (κ1) is 7.41. The van der Waals surface area contributed by atoms with E-state index in [-0.39, 0.29) is 0 Å². The van der Waals surface area contributed by atoms with Crippen molar-refractivity contribution in [2.75, 3.05) is 0 Å². The molecule has 0 saturated carbocycles. The molecule has 0 unspecified atom stereocenters. The first-order valence-electron chi connectivity index (χ1n) is 4.34. The van der Waals surface area contributed by atoms with Gasteiger partial charge in [-0.1, -0.05) is 18.2 Å². The number of fused-ring (bicyclic) bond motifs is 1. The van der Waals surface area contributed by atoms with Crippen molar-refractivity contribution in [3.8, 4) is 11.3 Å². The van der Waals surface area contributed by atoms with Crippen molar-refractivity contribution < 1.29 is 0 Å². The molecule has 1 aliphatic carbocycles. The van der Waals surface area contributed by atoms with Crippen LogP contribution in [0.15, 0.2) is 36.5 Å². The zero-order valence-electron chi connectivity index (χ0n) is 7.49. The Kier molecular flexibility index (Phi) is 1.65. The molecule has 12 heavy (non-hydrogen) atoms. The van der Waals surface area contributed by atoms with E-state index in [4.69, 9.17) is 0 Å². The summed E-state index contributed by atoms with van der Waals surface area (Å²) in [5, 5.41) is 0. The predicted molar refractivity (Wildman–Crippen MR) is 51.4 cm³/mol. The predicted octanol–water partition coefficient (Wildman–Crippen LogP) is 3.17. The monoisotopic (exact) mass is 159 g/mol. The van der Waals surface area contributed by atoms with E-state index in [0.29, 0.717) is 6.04 Å². The molecule has 0 amide bonds. The van der Waals surface area contributed by atoms with Crippen LogP contribution in [0.1, 0.15) is 19.9 Å². The maximum absolute atomic E-state index is 2.29. The van der Waals surface area contributed by atoms with Crippen LogP contribution in [0.25, 0.3) is 11.3 Å². The Morgan fingerprint density at radius 3 is 2.58 bits per heavy atom. The van der Waals surface area contributed by atoms with Gasteiger partial charge in [0, 0.05) is 17.9 Å². The summed E-state index contributed by atoms with van der Waals surface area (Å²) in [5.74, 6) is 0. The molecule has 0 N–H and O–H groups in total. The molecule has 1 nitrogen and oxygen atoms in total. The lowest BCUT2D eigenvalue weighted by Gasteiger charge is -2.15. The third-order valence-electron chi connectivity index (χ3n) is 2.18. The van der Waals surface area contributed by atoms with E-state index >= 15 is 0 Å². The minimum Gasteiger partial charge on any atom is -0.345 e. The number of pyridine rings is 1. The average molecular weight is 159 g/mol. The summed E-state index contributed by atoms with van der Waals surface area (Å²) in [6, 6.07) is 11.2. The van der Waals surface area contributed by atoms with Crippen LogP contribution in [0.4, 0.5) is 0 Å². The molecule has 1 heteroatoms. The topological polar surface area (TPSA) is 4.93 Å². The molecule has 1 heterocycles. The molecule has 2 rings (SSSR count). The van der Waals surface area contributed by atoms with E-state index in [2.05, 4.69) is 54.9 Å². The molecular formula is C11H13N. The Morgan fingerprint density at radius 1 is 1.08 bits per heavy atom. The fourth-order valence-electron chi connectivity index (χ4n) is 1.57. The Bertz CT molecular complexity index is 346. The SMILES string of the molecule is CC(C)n1cccc2cccc1-2. The fraction of sp³-hybridized carbons (Fsp3) is 0.273. The smallest absolute Gasteiger partial charge is 0.0482 e. The van der Waals surface area contributed by atoms with Gasteiger partial charge < -0.3 is 4.57 Å². The molecule has 0 aromatic heterocycles. The van der Waals surface area contributed by atoms with Crippen molar-refractivity contribution in [2.24, 2.45) is 0 Å². The van der Waals surface area contributed by atoms with Gasteiger partial charge in [0.15, 0.2) is 0 Å². The minimum atomic E-state index is 0.538. The van der Waals surface area contributed by atoms with E-state index in [0.717, 1.165) is 0 Å². The average Bonchev–Trinajstić information content (AvgIpc) is 2.49. The zero-order chi connectivity index (χ0) is 8.55. The second-order valence-electron chi connectivity index (χ2n) is 3.38. The van der Waals surface area contributed by atoms with Gasteiger partial charge in [0.1, 0.15) is 0 Å². The van der Waals surface area contributed by atoms with Crippen molar-refractivity contribution in [2.45, 2.75) is 19.9 Å². The summed E-state index contributed by atoms with van der Waals surface area (Å²) in [5.41, 5.74) is 2.65.